The number of carbonyl (C=O) groups excluding carboxylic acids is 3. The van der Waals surface area contributed by atoms with Gasteiger partial charge in [0.05, 0.1) is 6.42 Å². The predicted octanol–water partition coefficient (Wildman–Crippen LogP) is 2.65. The number of aryl methyl sites for hydroxylation is 1. The zero-order valence-corrected chi connectivity index (χ0v) is 15.2. The number of amides is 2. The number of carbonyl (C=O) groups is 3. The fourth-order valence-electron chi connectivity index (χ4n) is 1.87. The largest absolute Gasteiger partial charge is 0.456 e. The Labute approximate surface area is 148 Å². The lowest BCUT2D eigenvalue weighted by molar-refractivity contribution is -0.147. The third-order valence-corrected chi connectivity index (χ3v) is 2.98. The maximum Gasteiger partial charge on any atom is 0.407 e. The number of rotatable bonds is 7. The Kier molecular flexibility index (Phi) is 7.91. The number of esters is 1. The molecule has 7 heteroatoms. The molecule has 0 aliphatic carbocycles. The lowest BCUT2D eigenvalue weighted by Gasteiger charge is -2.19. The summed E-state index contributed by atoms with van der Waals surface area (Å²) in [4.78, 5) is 34.8. The SMILES string of the molecule is CCc1cccc(NC(=O)COC(=O)CCNC(=O)OC(C)(C)C)c1. The Bertz CT molecular complexity index is 608. The summed E-state index contributed by atoms with van der Waals surface area (Å²) in [5, 5.41) is 5.11. The molecule has 0 aliphatic rings. The first kappa shape index (κ1) is 20.5. The molecule has 25 heavy (non-hydrogen) atoms. The quantitative estimate of drug-likeness (QED) is 0.737. The highest BCUT2D eigenvalue weighted by Crippen LogP contribution is 2.11. The van der Waals surface area contributed by atoms with E-state index >= 15 is 0 Å². The second kappa shape index (κ2) is 9.66. The summed E-state index contributed by atoms with van der Waals surface area (Å²) in [5.41, 5.74) is 1.16. The van der Waals surface area contributed by atoms with Gasteiger partial charge in [0, 0.05) is 12.2 Å². The van der Waals surface area contributed by atoms with Gasteiger partial charge in [-0.05, 0) is 44.9 Å². The molecule has 2 N–H and O–H groups in total. The molecule has 7 nitrogen and oxygen atoms in total. The van der Waals surface area contributed by atoms with Crippen molar-refractivity contribution in [1.29, 1.82) is 0 Å². The Morgan fingerprint density at radius 3 is 2.52 bits per heavy atom. The third kappa shape index (κ3) is 9.34. The molecular formula is C18H26N2O5. The van der Waals surface area contributed by atoms with E-state index in [0.717, 1.165) is 12.0 Å². The van der Waals surface area contributed by atoms with E-state index in [0.29, 0.717) is 5.69 Å². The average Bonchev–Trinajstić information content (AvgIpc) is 2.51. The second-order valence-corrected chi connectivity index (χ2v) is 6.44. The van der Waals surface area contributed by atoms with Crippen LogP contribution in [0.5, 0.6) is 0 Å². The van der Waals surface area contributed by atoms with Crippen LogP contribution in [0.25, 0.3) is 0 Å². The average molecular weight is 350 g/mol. The normalized spacial score (nSPS) is 10.7. The van der Waals surface area contributed by atoms with Crippen molar-refractivity contribution in [2.45, 2.75) is 46.1 Å². The maximum absolute atomic E-state index is 11.8. The number of ether oxygens (including phenoxy) is 2. The Balaban J connectivity index is 2.24. The van der Waals surface area contributed by atoms with Crippen LogP contribution in [0.2, 0.25) is 0 Å². The molecule has 0 aliphatic heterocycles. The van der Waals surface area contributed by atoms with E-state index in [2.05, 4.69) is 10.6 Å². The van der Waals surface area contributed by atoms with Gasteiger partial charge in [0.15, 0.2) is 6.61 Å². The smallest absolute Gasteiger partial charge is 0.407 e. The van der Waals surface area contributed by atoms with E-state index in [1.54, 1.807) is 26.8 Å². The van der Waals surface area contributed by atoms with E-state index in [4.69, 9.17) is 9.47 Å². The van der Waals surface area contributed by atoms with E-state index in [9.17, 15) is 14.4 Å². The van der Waals surface area contributed by atoms with Crippen molar-refractivity contribution in [2.24, 2.45) is 0 Å². The summed E-state index contributed by atoms with van der Waals surface area (Å²) in [6.07, 6.45) is 0.218. The number of hydrogen-bond donors (Lipinski definition) is 2. The van der Waals surface area contributed by atoms with Crippen molar-refractivity contribution in [1.82, 2.24) is 5.32 Å². The van der Waals surface area contributed by atoms with Crippen LogP contribution in [0.1, 0.15) is 39.7 Å². The fraction of sp³-hybridized carbons (Fsp3) is 0.500. The minimum Gasteiger partial charge on any atom is -0.456 e. The van der Waals surface area contributed by atoms with Gasteiger partial charge in [0.2, 0.25) is 0 Å². The number of benzene rings is 1. The zero-order chi connectivity index (χ0) is 18.9. The van der Waals surface area contributed by atoms with E-state index in [1.807, 2.05) is 25.1 Å². The highest BCUT2D eigenvalue weighted by atomic mass is 16.6. The summed E-state index contributed by atoms with van der Waals surface area (Å²) >= 11 is 0. The van der Waals surface area contributed by atoms with Crippen molar-refractivity contribution in [3.05, 3.63) is 29.8 Å². The van der Waals surface area contributed by atoms with Gasteiger partial charge in [-0.1, -0.05) is 19.1 Å². The van der Waals surface area contributed by atoms with Gasteiger partial charge >= 0.3 is 12.1 Å². The van der Waals surface area contributed by atoms with Crippen LogP contribution in [-0.2, 0) is 25.5 Å². The maximum atomic E-state index is 11.8. The molecule has 0 unspecified atom stereocenters. The highest BCUT2D eigenvalue weighted by molar-refractivity contribution is 5.92. The molecular weight excluding hydrogens is 324 g/mol. The Morgan fingerprint density at radius 2 is 1.88 bits per heavy atom. The molecule has 0 saturated carbocycles. The molecule has 1 aromatic carbocycles. The first-order valence-corrected chi connectivity index (χ1v) is 8.21. The van der Waals surface area contributed by atoms with Gasteiger partial charge in [0.1, 0.15) is 5.60 Å². The molecule has 1 aromatic rings. The van der Waals surface area contributed by atoms with Gasteiger partial charge in [0.25, 0.3) is 5.91 Å². The van der Waals surface area contributed by atoms with Crippen molar-refractivity contribution in [3.63, 3.8) is 0 Å². The van der Waals surface area contributed by atoms with Gasteiger partial charge in [-0.2, -0.15) is 0 Å². The lowest BCUT2D eigenvalue weighted by Crippen LogP contribution is -2.34. The topological polar surface area (TPSA) is 93.7 Å². The van der Waals surface area contributed by atoms with E-state index in [1.165, 1.54) is 0 Å². The van der Waals surface area contributed by atoms with Crippen molar-refractivity contribution >= 4 is 23.7 Å². The van der Waals surface area contributed by atoms with Crippen LogP contribution in [0, 0.1) is 0 Å². The van der Waals surface area contributed by atoms with Crippen molar-refractivity contribution < 1.29 is 23.9 Å². The van der Waals surface area contributed by atoms with E-state index < -0.39 is 23.6 Å². The van der Waals surface area contributed by atoms with Crippen LogP contribution in [0.15, 0.2) is 24.3 Å². The second-order valence-electron chi connectivity index (χ2n) is 6.44. The molecule has 0 radical (unpaired) electrons. The summed E-state index contributed by atoms with van der Waals surface area (Å²) in [6.45, 7) is 6.96. The Morgan fingerprint density at radius 1 is 1.16 bits per heavy atom. The molecule has 0 fully saturated rings. The highest BCUT2D eigenvalue weighted by Gasteiger charge is 2.16. The summed E-state index contributed by atoms with van der Waals surface area (Å²) in [5.74, 6) is -0.991. The number of anilines is 1. The van der Waals surface area contributed by atoms with Gasteiger partial charge < -0.3 is 20.1 Å². The van der Waals surface area contributed by atoms with Crippen LogP contribution < -0.4 is 10.6 Å². The van der Waals surface area contributed by atoms with Crippen LogP contribution in [-0.4, -0.2) is 36.7 Å². The number of nitrogens with one attached hydrogen (secondary N) is 2. The fourth-order valence-corrected chi connectivity index (χ4v) is 1.87. The van der Waals surface area contributed by atoms with Crippen LogP contribution >= 0.6 is 0 Å². The monoisotopic (exact) mass is 350 g/mol. The van der Waals surface area contributed by atoms with Crippen molar-refractivity contribution in [2.75, 3.05) is 18.5 Å². The first-order valence-electron chi connectivity index (χ1n) is 8.21. The first-order chi connectivity index (χ1) is 11.7. The minimum atomic E-state index is -0.603. The standard InChI is InChI=1S/C18H26N2O5/c1-5-13-7-6-8-14(11-13)20-15(21)12-24-16(22)9-10-19-17(23)25-18(2,3)4/h6-8,11H,5,9-10,12H2,1-4H3,(H,19,23)(H,20,21). The predicted molar refractivity (Wildman–Crippen MR) is 94.3 cm³/mol. The summed E-state index contributed by atoms with van der Waals surface area (Å²) < 4.78 is 9.91. The van der Waals surface area contributed by atoms with Gasteiger partial charge in [-0.25, -0.2) is 4.79 Å². The molecule has 0 saturated heterocycles. The summed E-state index contributed by atoms with van der Waals surface area (Å²) in [7, 11) is 0. The summed E-state index contributed by atoms with van der Waals surface area (Å²) in [6, 6.07) is 7.45. The molecule has 0 aromatic heterocycles. The molecule has 138 valence electrons. The molecule has 0 spiro atoms. The third-order valence-electron chi connectivity index (χ3n) is 2.98. The van der Waals surface area contributed by atoms with Crippen LogP contribution in [0.3, 0.4) is 0 Å². The lowest BCUT2D eigenvalue weighted by atomic mass is 10.1. The minimum absolute atomic E-state index is 0.0438. The molecule has 0 atom stereocenters. The number of alkyl carbamates (subject to hydrolysis) is 1. The van der Waals surface area contributed by atoms with Gasteiger partial charge in [-0.3, -0.25) is 9.59 Å². The Hall–Kier alpha value is -2.57. The van der Waals surface area contributed by atoms with Crippen LogP contribution in [0.4, 0.5) is 10.5 Å². The van der Waals surface area contributed by atoms with Crippen molar-refractivity contribution in [3.8, 4) is 0 Å². The van der Waals surface area contributed by atoms with Gasteiger partial charge in [-0.15, -0.1) is 0 Å². The van der Waals surface area contributed by atoms with E-state index in [-0.39, 0.29) is 19.6 Å². The number of hydrogen-bond acceptors (Lipinski definition) is 5. The molecule has 1 rings (SSSR count). The molecule has 0 heterocycles. The molecule has 0 bridgehead atoms. The zero-order valence-electron chi connectivity index (χ0n) is 15.2. The molecule has 2 amide bonds.